The molecule has 1 aliphatic heterocycles. The van der Waals surface area contributed by atoms with Crippen LogP contribution in [-0.2, 0) is 9.59 Å². The molecule has 1 N–H and O–H groups in total. The van der Waals surface area contributed by atoms with Crippen LogP contribution < -0.4 is 0 Å². The van der Waals surface area contributed by atoms with Crippen LogP contribution in [0, 0.1) is 6.92 Å². The second kappa shape index (κ2) is 8.30. The number of carbonyl (C=O) groups is 2. The van der Waals surface area contributed by atoms with Crippen LogP contribution in [-0.4, -0.2) is 26.2 Å². The van der Waals surface area contributed by atoms with Gasteiger partial charge in [0.25, 0.3) is 5.91 Å². The van der Waals surface area contributed by atoms with Crippen molar-refractivity contribution in [3.8, 4) is 11.3 Å². The van der Waals surface area contributed by atoms with Gasteiger partial charge in [0.1, 0.15) is 15.8 Å². The van der Waals surface area contributed by atoms with Crippen molar-refractivity contribution in [3.05, 3.63) is 88.5 Å². The minimum Gasteiger partial charge on any atom is -0.479 e. The van der Waals surface area contributed by atoms with Crippen LogP contribution in [0.2, 0.25) is 0 Å². The Morgan fingerprint density at radius 2 is 1.80 bits per heavy atom. The van der Waals surface area contributed by atoms with E-state index >= 15 is 0 Å². The molecule has 1 atom stereocenters. The molecule has 1 aromatic heterocycles. The molecule has 2 aromatic carbocycles. The Bertz CT molecular complexity index is 1150. The highest BCUT2D eigenvalue weighted by atomic mass is 32.2. The number of carbonyl (C=O) groups excluding carboxylic acids is 1. The summed E-state index contributed by atoms with van der Waals surface area (Å²) >= 11 is 6.40. The summed E-state index contributed by atoms with van der Waals surface area (Å²) in [4.78, 5) is 26.4. The highest BCUT2D eigenvalue weighted by Crippen LogP contribution is 2.38. The first-order valence-corrected chi connectivity index (χ1v) is 10.4. The summed E-state index contributed by atoms with van der Waals surface area (Å²) in [5.74, 6) is -0.407. The van der Waals surface area contributed by atoms with Crippen LogP contribution in [0.4, 0.5) is 0 Å². The number of thioether (sulfide) groups is 1. The van der Waals surface area contributed by atoms with E-state index in [-0.39, 0.29) is 4.32 Å². The Kier molecular flexibility index (Phi) is 5.57. The van der Waals surface area contributed by atoms with E-state index in [1.807, 2.05) is 37.3 Å². The second-order valence-electron chi connectivity index (χ2n) is 6.77. The lowest BCUT2D eigenvalue weighted by Gasteiger charge is -2.23. The average Bonchev–Trinajstić information content (AvgIpc) is 3.30. The SMILES string of the molecule is Cc1ccc(-c2ccc(C=C3SC(=S)N(C(C(=O)O)c4ccccc4)C3=O)o2)cc1. The molecule has 1 unspecified atom stereocenters. The van der Waals surface area contributed by atoms with E-state index in [4.69, 9.17) is 16.6 Å². The van der Waals surface area contributed by atoms with Gasteiger partial charge in [0.05, 0.1) is 4.91 Å². The third-order valence-electron chi connectivity index (χ3n) is 4.67. The van der Waals surface area contributed by atoms with Gasteiger partial charge < -0.3 is 9.52 Å². The second-order valence-corrected chi connectivity index (χ2v) is 8.45. The van der Waals surface area contributed by atoms with Gasteiger partial charge in [-0.15, -0.1) is 0 Å². The average molecular weight is 436 g/mol. The molecule has 0 bridgehead atoms. The summed E-state index contributed by atoms with van der Waals surface area (Å²) < 4.78 is 6.06. The molecule has 0 aliphatic carbocycles. The zero-order chi connectivity index (χ0) is 21.3. The number of hydrogen-bond acceptors (Lipinski definition) is 5. The summed E-state index contributed by atoms with van der Waals surface area (Å²) in [6.45, 7) is 2.01. The van der Waals surface area contributed by atoms with Crippen molar-refractivity contribution in [2.45, 2.75) is 13.0 Å². The number of carboxylic acid groups (broad SMARTS) is 1. The topological polar surface area (TPSA) is 70.8 Å². The Hall–Kier alpha value is -3.16. The van der Waals surface area contributed by atoms with Crippen LogP contribution in [0.25, 0.3) is 17.4 Å². The lowest BCUT2D eigenvalue weighted by molar-refractivity contribution is -0.145. The van der Waals surface area contributed by atoms with Crippen molar-refractivity contribution >= 4 is 46.3 Å². The maximum Gasteiger partial charge on any atom is 0.331 e. The van der Waals surface area contributed by atoms with Gasteiger partial charge in [0, 0.05) is 11.6 Å². The number of thiocarbonyl (C=S) groups is 1. The number of hydrogen-bond donors (Lipinski definition) is 1. The molecular formula is C23H17NO4S2. The number of benzene rings is 2. The summed E-state index contributed by atoms with van der Waals surface area (Å²) in [6, 6.07) is 18.9. The lowest BCUT2D eigenvalue weighted by Crippen LogP contribution is -2.37. The predicted octanol–water partition coefficient (Wildman–Crippen LogP) is 5.28. The van der Waals surface area contributed by atoms with Crippen molar-refractivity contribution < 1.29 is 19.1 Å². The number of furan rings is 1. The van der Waals surface area contributed by atoms with E-state index in [1.165, 1.54) is 0 Å². The molecule has 1 saturated heterocycles. The summed E-state index contributed by atoms with van der Waals surface area (Å²) in [6.07, 6.45) is 1.60. The minimum absolute atomic E-state index is 0.202. The molecule has 2 heterocycles. The predicted molar refractivity (Wildman–Crippen MR) is 121 cm³/mol. The molecule has 30 heavy (non-hydrogen) atoms. The minimum atomic E-state index is -1.18. The van der Waals surface area contributed by atoms with E-state index in [0.29, 0.717) is 22.0 Å². The molecule has 7 heteroatoms. The number of carboxylic acids is 1. The van der Waals surface area contributed by atoms with Gasteiger partial charge in [0.2, 0.25) is 0 Å². The molecule has 0 spiro atoms. The zero-order valence-corrected chi connectivity index (χ0v) is 17.6. The van der Waals surface area contributed by atoms with Crippen molar-refractivity contribution in [2.75, 3.05) is 0 Å². The van der Waals surface area contributed by atoms with Gasteiger partial charge in [-0.25, -0.2) is 4.79 Å². The fourth-order valence-corrected chi connectivity index (χ4v) is 4.47. The van der Waals surface area contributed by atoms with Gasteiger partial charge in [-0.05, 0) is 24.6 Å². The molecular weight excluding hydrogens is 418 g/mol. The standard InChI is InChI=1S/C23H17NO4S2/c1-14-7-9-15(10-8-14)18-12-11-17(28-18)13-19-21(25)24(23(29)30-19)20(22(26)27)16-5-3-2-4-6-16/h2-13,20H,1H3,(H,26,27). The van der Waals surface area contributed by atoms with Crippen LogP contribution in [0.1, 0.15) is 22.9 Å². The Morgan fingerprint density at radius 1 is 1.10 bits per heavy atom. The Balaban J connectivity index is 1.62. The van der Waals surface area contributed by atoms with Gasteiger partial charge in [-0.2, -0.15) is 0 Å². The van der Waals surface area contributed by atoms with E-state index in [2.05, 4.69) is 0 Å². The Labute approximate surface area is 183 Å². The number of aliphatic carboxylic acids is 1. The molecule has 150 valence electrons. The fourth-order valence-electron chi connectivity index (χ4n) is 3.17. The molecule has 5 nitrogen and oxygen atoms in total. The van der Waals surface area contributed by atoms with Crippen LogP contribution in [0.5, 0.6) is 0 Å². The first-order chi connectivity index (χ1) is 14.4. The Morgan fingerprint density at radius 3 is 2.47 bits per heavy atom. The van der Waals surface area contributed by atoms with E-state index in [1.54, 1.807) is 42.5 Å². The van der Waals surface area contributed by atoms with Gasteiger partial charge in [-0.3, -0.25) is 9.69 Å². The highest BCUT2D eigenvalue weighted by Gasteiger charge is 2.41. The smallest absolute Gasteiger partial charge is 0.331 e. The lowest BCUT2D eigenvalue weighted by atomic mass is 10.1. The molecule has 1 amide bonds. The molecule has 3 aromatic rings. The quantitative estimate of drug-likeness (QED) is 0.434. The zero-order valence-electron chi connectivity index (χ0n) is 15.9. The first-order valence-electron chi connectivity index (χ1n) is 9.16. The van der Waals surface area contributed by atoms with E-state index in [0.717, 1.165) is 27.8 Å². The summed E-state index contributed by atoms with van der Waals surface area (Å²) in [5.41, 5.74) is 2.57. The number of rotatable bonds is 5. The first kappa shape index (κ1) is 20.1. The molecule has 0 radical (unpaired) electrons. The highest BCUT2D eigenvalue weighted by molar-refractivity contribution is 8.26. The summed E-state index contributed by atoms with van der Waals surface area (Å²) in [5, 5.41) is 9.75. The van der Waals surface area contributed by atoms with Gasteiger partial charge in [-0.1, -0.05) is 84.1 Å². The number of nitrogens with zero attached hydrogens (tertiary/aromatic N) is 1. The largest absolute Gasteiger partial charge is 0.479 e. The molecule has 4 rings (SSSR count). The third kappa shape index (κ3) is 3.94. The number of aryl methyl sites for hydroxylation is 1. The van der Waals surface area contributed by atoms with Crippen LogP contribution >= 0.6 is 24.0 Å². The molecule has 1 aliphatic rings. The van der Waals surface area contributed by atoms with Crippen molar-refractivity contribution in [2.24, 2.45) is 0 Å². The maximum absolute atomic E-state index is 13.0. The monoisotopic (exact) mass is 435 g/mol. The maximum atomic E-state index is 13.0. The summed E-state index contributed by atoms with van der Waals surface area (Å²) in [7, 11) is 0. The van der Waals surface area contributed by atoms with Crippen molar-refractivity contribution in [1.82, 2.24) is 4.90 Å². The van der Waals surface area contributed by atoms with Gasteiger partial charge >= 0.3 is 5.97 Å². The van der Waals surface area contributed by atoms with Crippen molar-refractivity contribution in [1.29, 1.82) is 0 Å². The van der Waals surface area contributed by atoms with Crippen molar-refractivity contribution in [3.63, 3.8) is 0 Å². The van der Waals surface area contributed by atoms with Gasteiger partial charge in [0.15, 0.2) is 6.04 Å². The third-order valence-corrected chi connectivity index (χ3v) is 6.00. The molecule has 1 fully saturated rings. The van der Waals surface area contributed by atoms with E-state index in [9.17, 15) is 14.7 Å². The number of amides is 1. The fraction of sp³-hybridized carbons (Fsp3) is 0.0870. The van der Waals surface area contributed by atoms with Crippen LogP contribution in [0.3, 0.4) is 0 Å². The molecule has 0 saturated carbocycles. The van der Waals surface area contributed by atoms with Crippen LogP contribution in [0.15, 0.2) is 76.1 Å². The van der Waals surface area contributed by atoms with E-state index < -0.39 is 17.9 Å². The normalized spacial score (nSPS) is 16.3.